The number of hydrogen-bond donors (Lipinski definition) is 2. The van der Waals surface area contributed by atoms with Crippen molar-refractivity contribution in [2.24, 2.45) is 0 Å². The Balaban J connectivity index is 0.000000427. The Labute approximate surface area is 189 Å². The Morgan fingerprint density at radius 3 is 1.91 bits per heavy atom. The number of aliphatic carboxylic acids is 2. The van der Waals surface area contributed by atoms with Gasteiger partial charge in [-0.3, -0.25) is 19.7 Å². The van der Waals surface area contributed by atoms with Crippen LogP contribution in [0.3, 0.4) is 0 Å². The highest BCUT2D eigenvalue weighted by Crippen LogP contribution is 2.20. The summed E-state index contributed by atoms with van der Waals surface area (Å²) in [6.45, 7) is 9.41. The lowest BCUT2D eigenvalue weighted by atomic mass is 10.0. The molecular weight excluding hydrogens is 408 g/mol. The van der Waals surface area contributed by atoms with Crippen molar-refractivity contribution >= 4 is 11.9 Å². The van der Waals surface area contributed by atoms with Gasteiger partial charge in [0.25, 0.3) is 0 Å². The first-order chi connectivity index (χ1) is 15.5. The number of carboxylic acids is 2. The molecule has 0 amide bonds. The molecule has 8 heteroatoms. The quantitative estimate of drug-likeness (QED) is 0.682. The first-order valence-electron chi connectivity index (χ1n) is 11.1. The number of pyridine rings is 1. The molecule has 0 bridgehead atoms. The highest BCUT2D eigenvalue weighted by atomic mass is 16.4. The lowest BCUT2D eigenvalue weighted by Gasteiger charge is -2.42. The maximum atomic E-state index is 9.10. The number of nitrogens with zero attached hydrogens (tertiary/aromatic N) is 4. The zero-order valence-electron chi connectivity index (χ0n) is 18.3. The summed E-state index contributed by atoms with van der Waals surface area (Å²) in [5.41, 5.74) is 2.77. The molecule has 172 valence electrons. The first-order valence-corrected chi connectivity index (χ1v) is 11.1. The van der Waals surface area contributed by atoms with E-state index in [1.54, 1.807) is 0 Å². The van der Waals surface area contributed by atoms with E-state index in [1.807, 2.05) is 18.5 Å². The van der Waals surface area contributed by atoms with Gasteiger partial charge in [-0.15, -0.1) is 0 Å². The number of benzene rings is 1. The molecule has 2 fully saturated rings. The van der Waals surface area contributed by atoms with Crippen molar-refractivity contribution < 1.29 is 19.8 Å². The molecule has 1 aromatic carbocycles. The van der Waals surface area contributed by atoms with Crippen LogP contribution in [0.15, 0.2) is 54.9 Å². The number of hydrogen-bond acceptors (Lipinski definition) is 6. The van der Waals surface area contributed by atoms with E-state index >= 15 is 0 Å². The van der Waals surface area contributed by atoms with Crippen LogP contribution < -0.4 is 0 Å². The van der Waals surface area contributed by atoms with Crippen LogP contribution in [-0.4, -0.2) is 87.1 Å². The molecular formula is C24H32N4O4. The van der Waals surface area contributed by atoms with Gasteiger partial charge in [0, 0.05) is 57.7 Å². The Morgan fingerprint density at radius 1 is 0.781 bits per heavy atom. The maximum Gasteiger partial charge on any atom is 0.414 e. The number of aromatic nitrogens is 1. The summed E-state index contributed by atoms with van der Waals surface area (Å²) in [6, 6.07) is 15.9. The van der Waals surface area contributed by atoms with Crippen LogP contribution in [0.1, 0.15) is 24.0 Å². The summed E-state index contributed by atoms with van der Waals surface area (Å²) >= 11 is 0. The molecule has 2 aliphatic heterocycles. The van der Waals surface area contributed by atoms with Crippen molar-refractivity contribution in [2.75, 3.05) is 39.3 Å². The smallest absolute Gasteiger partial charge is 0.414 e. The standard InChI is InChI=1S/C22H30N4.C2H2O4/c1-2-5-20(6-3-1)18-25-13-15-26(16-14-25)22-8-11-24(12-9-22)19-21-7-4-10-23-17-21;3-1(4)2(5)6/h1-7,10,17,22H,8-9,11-16,18-19H2;(H,3,4)(H,5,6). The molecule has 1 aromatic heterocycles. The molecule has 8 nitrogen and oxygen atoms in total. The Morgan fingerprint density at radius 2 is 1.34 bits per heavy atom. The summed E-state index contributed by atoms with van der Waals surface area (Å²) in [5.74, 6) is -3.65. The van der Waals surface area contributed by atoms with Gasteiger partial charge in [0.15, 0.2) is 0 Å². The normalized spacial score (nSPS) is 18.5. The molecule has 4 rings (SSSR count). The highest BCUT2D eigenvalue weighted by molar-refractivity contribution is 6.27. The van der Waals surface area contributed by atoms with Gasteiger partial charge in [0.2, 0.25) is 0 Å². The van der Waals surface area contributed by atoms with Crippen LogP contribution in [0.4, 0.5) is 0 Å². The Hall–Kier alpha value is -2.81. The maximum absolute atomic E-state index is 9.10. The van der Waals surface area contributed by atoms with Crippen LogP contribution >= 0.6 is 0 Å². The molecule has 0 spiro atoms. The third-order valence-electron chi connectivity index (χ3n) is 6.04. The second-order valence-electron chi connectivity index (χ2n) is 8.28. The average Bonchev–Trinajstić information content (AvgIpc) is 2.82. The molecule has 2 aliphatic rings. The summed E-state index contributed by atoms with van der Waals surface area (Å²) in [5, 5.41) is 14.8. The fourth-order valence-electron chi connectivity index (χ4n) is 4.32. The summed E-state index contributed by atoms with van der Waals surface area (Å²) in [7, 11) is 0. The van der Waals surface area contributed by atoms with E-state index in [1.165, 1.54) is 63.2 Å². The SMILES string of the molecule is O=C(O)C(=O)O.c1ccc(CN2CCN(C3CCN(Cc4cccnc4)CC3)CC2)cc1. The molecule has 2 aromatic rings. The van der Waals surface area contributed by atoms with Crippen molar-refractivity contribution in [1.82, 2.24) is 19.7 Å². The summed E-state index contributed by atoms with van der Waals surface area (Å²) in [4.78, 5) is 30.4. The molecule has 0 aliphatic carbocycles. The lowest BCUT2D eigenvalue weighted by molar-refractivity contribution is -0.159. The van der Waals surface area contributed by atoms with E-state index in [0.29, 0.717) is 0 Å². The third-order valence-corrected chi connectivity index (χ3v) is 6.04. The van der Waals surface area contributed by atoms with Crippen LogP contribution in [0.2, 0.25) is 0 Å². The first kappa shape index (κ1) is 23.8. The average molecular weight is 441 g/mol. The number of piperazine rings is 1. The van der Waals surface area contributed by atoms with E-state index in [0.717, 1.165) is 19.1 Å². The molecule has 0 saturated carbocycles. The van der Waals surface area contributed by atoms with Crippen LogP contribution in [-0.2, 0) is 22.7 Å². The summed E-state index contributed by atoms with van der Waals surface area (Å²) in [6.07, 6.45) is 6.46. The fourth-order valence-corrected chi connectivity index (χ4v) is 4.32. The van der Waals surface area contributed by atoms with Crippen molar-refractivity contribution in [2.45, 2.75) is 32.0 Å². The molecule has 2 saturated heterocycles. The van der Waals surface area contributed by atoms with Crippen molar-refractivity contribution in [3.8, 4) is 0 Å². The highest BCUT2D eigenvalue weighted by Gasteiger charge is 2.27. The second-order valence-corrected chi connectivity index (χ2v) is 8.28. The third kappa shape index (κ3) is 7.71. The van der Waals surface area contributed by atoms with E-state index in [9.17, 15) is 0 Å². The number of carboxylic acid groups (broad SMARTS) is 2. The van der Waals surface area contributed by atoms with Gasteiger partial charge in [-0.2, -0.15) is 0 Å². The monoisotopic (exact) mass is 440 g/mol. The minimum absolute atomic E-state index is 0.777. The minimum atomic E-state index is -1.82. The van der Waals surface area contributed by atoms with Crippen molar-refractivity contribution in [3.05, 3.63) is 66.0 Å². The topological polar surface area (TPSA) is 97.2 Å². The van der Waals surface area contributed by atoms with Crippen LogP contribution in [0.25, 0.3) is 0 Å². The molecule has 2 N–H and O–H groups in total. The Kier molecular flexibility index (Phi) is 9.15. The predicted octanol–water partition coefficient (Wildman–Crippen LogP) is 2.02. The van der Waals surface area contributed by atoms with E-state index in [2.05, 4.69) is 56.1 Å². The van der Waals surface area contributed by atoms with Crippen LogP contribution in [0, 0.1) is 0 Å². The minimum Gasteiger partial charge on any atom is -0.473 e. The van der Waals surface area contributed by atoms with Gasteiger partial charge in [-0.1, -0.05) is 36.4 Å². The molecule has 0 unspecified atom stereocenters. The van der Waals surface area contributed by atoms with Gasteiger partial charge in [-0.25, -0.2) is 9.59 Å². The molecule has 0 atom stereocenters. The van der Waals surface area contributed by atoms with E-state index < -0.39 is 11.9 Å². The molecule has 0 radical (unpaired) electrons. The summed E-state index contributed by atoms with van der Waals surface area (Å²) < 4.78 is 0. The largest absolute Gasteiger partial charge is 0.473 e. The number of carbonyl (C=O) groups is 2. The van der Waals surface area contributed by atoms with E-state index in [-0.39, 0.29) is 0 Å². The van der Waals surface area contributed by atoms with Gasteiger partial charge >= 0.3 is 11.9 Å². The number of piperidine rings is 1. The van der Waals surface area contributed by atoms with Gasteiger partial charge in [0.05, 0.1) is 0 Å². The van der Waals surface area contributed by atoms with Crippen LogP contribution in [0.5, 0.6) is 0 Å². The van der Waals surface area contributed by atoms with Crippen molar-refractivity contribution in [1.29, 1.82) is 0 Å². The second kappa shape index (κ2) is 12.3. The van der Waals surface area contributed by atoms with Gasteiger partial charge in [-0.05, 0) is 43.1 Å². The Bertz CT molecular complexity index is 762. The zero-order chi connectivity index (χ0) is 22.8. The number of likely N-dealkylation sites (tertiary alicyclic amines) is 1. The fraction of sp³-hybridized carbons (Fsp3) is 0.458. The van der Waals surface area contributed by atoms with Crippen molar-refractivity contribution in [3.63, 3.8) is 0 Å². The molecule has 3 heterocycles. The number of rotatable bonds is 5. The van der Waals surface area contributed by atoms with E-state index in [4.69, 9.17) is 19.8 Å². The molecule has 32 heavy (non-hydrogen) atoms. The van der Waals surface area contributed by atoms with Gasteiger partial charge < -0.3 is 10.2 Å². The lowest BCUT2D eigenvalue weighted by Crippen LogP contribution is -2.52. The van der Waals surface area contributed by atoms with Gasteiger partial charge in [0.1, 0.15) is 0 Å². The predicted molar refractivity (Wildman–Crippen MR) is 121 cm³/mol. The zero-order valence-corrected chi connectivity index (χ0v) is 18.3.